The number of amides is 2. The fourth-order valence-electron chi connectivity index (χ4n) is 1.24. The number of primary amides is 1. The third-order valence-electron chi connectivity index (χ3n) is 1.91. The summed E-state index contributed by atoms with van der Waals surface area (Å²) in [7, 11) is 0. The van der Waals surface area contributed by atoms with Crippen LogP contribution in [0.1, 0.15) is 26.7 Å². The lowest BCUT2D eigenvalue weighted by Gasteiger charge is -2.00. The molecule has 0 aromatic carbocycles. The van der Waals surface area contributed by atoms with Crippen molar-refractivity contribution in [2.75, 3.05) is 0 Å². The van der Waals surface area contributed by atoms with Crippen LogP contribution >= 0.6 is 11.8 Å². The molecule has 0 unspecified atom stereocenters. The second-order valence-corrected chi connectivity index (χ2v) is 4.22. The Morgan fingerprint density at radius 3 is 2.62 bits per heavy atom. The lowest BCUT2D eigenvalue weighted by atomic mass is 10.2. The molecular weight excluding hydrogens is 224 g/mol. The highest BCUT2D eigenvalue weighted by atomic mass is 32.2. The quantitative estimate of drug-likeness (QED) is 0.759. The summed E-state index contributed by atoms with van der Waals surface area (Å²) in [5.41, 5.74) is 5.57. The predicted molar refractivity (Wildman–Crippen MR) is 66.0 cm³/mol. The summed E-state index contributed by atoms with van der Waals surface area (Å²) in [6.07, 6.45) is 4.93. The Hall–Kier alpha value is -1.36. The molecule has 0 aromatic rings. The summed E-state index contributed by atoms with van der Waals surface area (Å²) in [4.78, 5) is 27.0. The molecule has 0 atom stereocenters. The molecule has 0 aliphatic carbocycles. The van der Waals surface area contributed by atoms with E-state index in [0.29, 0.717) is 21.9 Å². The minimum Gasteiger partial charge on any atom is -0.366 e. The predicted octanol–water partition coefficient (Wildman–Crippen LogP) is 1.77. The van der Waals surface area contributed by atoms with Gasteiger partial charge in [0.2, 0.25) is 0 Å². The first-order chi connectivity index (χ1) is 7.60. The zero-order valence-corrected chi connectivity index (χ0v) is 10.1. The number of aliphatic imine (C=N–C) groups is 1. The third kappa shape index (κ3) is 2.82. The lowest BCUT2D eigenvalue weighted by Crippen LogP contribution is -2.18. The first-order valence-corrected chi connectivity index (χ1v) is 5.93. The largest absolute Gasteiger partial charge is 0.366 e. The Balaban J connectivity index is 2.96. The molecule has 4 nitrogen and oxygen atoms in total. The van der Waals surface area contributed by atoms with E-state index in [0.717, 1.165) is 6.42 Å². The van der Waals surface area contributed by atoms with Crippen molar-refractivity contribution >= 4 is 28.6 Å². The van der Waals surface area contributed by atoms with Crippen LogP contribution in [0.4, 0.5) is 0 Å². The number of nitrogens with two attached hydrogens (primary N) is 1. The molecule has 86 valence electrons. The van der Waals surface area contributed by atoms with Crippen molar-refractivity contribution in [3.8, 4) is 0 Å². The van der Waals surface area contributed by atoms with Gasteiger partial charge in [-0.15, -0.1) is 0 Å². The Labute approximate surface area is 98.7 Å². The number of nitrogens with zero attached hydrogens (tertiary/aromatic N) is 1. The Morgan fingerprint density at radius 1 is 1.44 bits per heavy atom. The van der Waals surface area contributed by atoms with Gasteiger partial charge < -0.3 is 5.73 Å². The van der Waals surface area contributed by atoms with Crippen molar-refractivity contribution in [3.05, 3.63) is 22.6 Å². The van der Waals surface area contributed by atoms with E-state index >= 15 is 0 Å². The van der Waals surface area contributed by atoms with Crippen molar-refractivity contribution < 1.29 is 9.59 Å². The summed E-state index contributed by atoms with van der Waals surface area (Å²) >= 11 is 1.21. The molecule has 0 saturated heterocycles. The Morgan fingerprint density at radius 2 is 2.12 bits per heavy atom. The van der Waals surface area contributed by atoms with Crippen LogP contribution in [0.2, 0.25) is 0 Å². The van der Waals surface area contributed by atoms with Crippen molar-refractivity contribution in [2.45, 2.75) is 26.7 Å². The zero-order chi connectivity index (χ0) is 12.1. The fraction of sp³-hybridized carbons (Fsp3) is 0.364. The number of rotatable bonds is 4. The number of carbonyl (C=O) groups is 2. The molecule has 0 saturated carbocycles. The zero-order valence-electron chi connectivity index (χ0n) is 9.32. The SMILES string of the molecule is CC/C=C1\SC(/C(=C\CC)C(N)=O)=NC1=O. The summed E-state index contributed by atoms with van der Waals surface area (Å²) in [5, 5.41) is 0.416. The Kier molecular flexibility index (Phi) is 4.49. The average molecular weight is 238 g/mol. The van der Waals surface area contributed by atoms with Crippen LogP contribution < -0.4 is 5.73 Å². The molecule has 0 aromatic heterocycles. The third-order valence-corrected chi connectivity index (χ3v) is 2.98. The van der Waals surface area contributed by atoms with E-state index in [1.807, 2.05) is 13.8 Å². The summed E-state index contributed by atoms with van der Waals surface area (Å²) in [6.45, 7) is 3.84. The van der Waals surface area contributed by atoms with Gasteiger partial charge in [0.1, 0.15) is 5.04 Å². The molecule has 2 amide bonds. The van der Waals surface area contributed by atoms with E-state index < -0.39 is 5.91 Å². The maximum absolute atomic E-state index is 11.4. The maximum Gasteiger partial charge on any atom is 0.284 e. The number of hydrogen-bond donors (Lipinski definition) is 1. The van der Waals surface area contributed by atoms with Crippen molar-refractivity contribution in [2.24, 2.45) is 10.7 Å². The number of thioether (sulfide) groups is 1. The highest BCUT2D eigenvalue weighted by Gasteiger charge is 2.25. The number of hydrogen-bond acceptors (Lipinski definition) is 3. The Bertz CT molecular complexity index is 408. The minimum absolute atomic E-state index is 0.287. The lowest BCUT2D eigenvalue weighted by molar-refractivity contribution is -0.114. The number of allylic oxidation sites excluding steroid dienone is 2. The van der Waals surface area contributed by atoms with Crippen LogP contribution in [-0.2, 0) is 9.59 Å². The van der Waals surface area contributed by atoms with Crippen LogP contribution in [0.3, 0.4) is 0 Å². The van der Waals surface area contributed by atoms with E-state index in [9.17, 15) is 9.59 Å². The van der Waals surface area contributed by atoms with Gasteiger partial charge in [0, 0.05) is 0 Å². The normalized spacial score (nSPS) is 19.1. The van der Waals surface area contributed by atoms with Crippen LogP contribution in [0.15, 0.2) is 27.6 Å². The molecule has 0 fully saturated rings. The second-order valence-electron chi connectivity index (χ2n) is 3.19. The monoisotopic (exact) mass is 238 g/mol. The molecule has 16 heavy (non-hydrogen) atoms. The molecule has 1 rings (SSSR count). The highest BCUT2D eigenvalue weighted by Crippen LogP contribution is 2.30. The van der Waals surface area contributed by atoms with Crippen LogP contribution in [0, 0.1) is 0 Å². The number of carbonyl (C=O) groups excluding carboxylic acids is 2. The first kappa shape index (κ1) is 12.7. The smallest absolute Gasteiger partial charge is 0.284 e. The van der Waals surface area contributed by atoms with Gasteiger partial charge in [-0.25, -0.2) is 4.99 Å². The van der Waals surface area contributed by atoms with Gasteiger partial charge in [-0.1, -0.05) is 37.8 Å². The van der Waals surface area contributed by atoms with Gasteiger partial charge in [0.15, 0.2) is 0 Å². The van der Waals surface area contributed by atoms with Crippen molar-refractivity contribution in [1.29, 1.82) is 0 Å². The molecule has 5 heteroatoms. The molecule has 1 aliphatic heterocycles. The van der Waals surface area contributed by atoms with E-state index in [-0.39, 0.29) is 5.91 Å². The van der Waals surface area contributed by atoms with Gasteiger partial charge in [-0.05, 0) is 12.8 Å². The van der Waals surface area contributed by atoms with E-state index in [2.05, 4.69) is 4.99 Å². The van der Waals surface area contributed by atoms with Gasteiger partial charge >= 0.3 is 0 Å². The van der Waals surface area contributed by atoms with Crippen molar-refractivity contribution in [3.63, 3.8) is 0 Å². The minimum atomic E-state index is -0.543. The van der Waals surface area contributed by atoms with E-state index in [1.165, 1.54) is 11.8 Å². The van der Waals surface area contributed by atoms with Gasteiger partial charge in [0.25, 0.3) is 11.8 Å². The van der Waals surface area contributed by atoms with Gasteiger partial charge in [-0.3, -0.25) is 9.59 Å². The highest BCUT2D eigenvalue weighted by molar-refractivity contribution is 8.19. The summed E-state index contributed by atoms with van der Waals surface area (Å²) in [5.74, 6) is -0.830. The fourth-order valence-corrected chi connectivity index (χ4v) is 2.26. The topological polar surface area (TPSA) is 72.5 Å². The van der Waals surface area contributed by atoms with Crippen LogP contribution in [0.5, 0.6) is 0 Å². The molecular formula is C11H14N2O2S. The van der Waals surface area contributed by atoms with E-state index in [1.54, 1.807) is 12.2 Å². The van der Waals surface area contributed by atoms with Crippen LogP contribution in [0.25, 0.3) is 0 Å². The molecule has 2 N–H and O–H groups in total. The van der Waals surface area contributed by atoms with Gasteiger partial charge in [-0.2, -0.15) is 0 Å². The van der Waals surface area contributed by atoms with Gasteiger partial charge in [0.05, 0.1) is 10.5 Å². The first-order valence-electron chi connectivity index (χ1n) is 5.11. The second kappa shape index (κ2) is 5.65. The standard InChI is InChI=1S/C11H14N2O2S/c1-3-5-7(9(12)14)11-13-10(15)8(16-11)6-4-2/h5-6H,3-4H2,1-2H3,(H2,12,14)/b7-5-,8-6-. The molecule has 1 aliphatic rings. The summed E-state index contributed by atoms with van der Waals surface area (Å²) in [6, 6.07) is 0. The molecule has 0 radical (unpaired) electrons. The molecule has 0 spiro atoms. The summed E-state index contributed by atoms with van der Waals surface area (Å²) < 4.78 is 0. The molecule has 0 bridgehead atoms. The van der Waals surface area contributed by atoms with Crippen LogP contribution in [-0.4, -0.2) is 16.9 Å². The average Bonchev–Trinajstić information content (AvgIpc) is 2.57. The molecule has 1 heterocycles. The van der Waals surface area contributed by atoms with E-state index in [4.69, 9.17) is 5.73 Å². The maximum atomic E-state index is 11.4. The van der Waals surface area contributed by atoms with Crippen molar-refractivity contribution in [1.82, 2.24) is 0 Å².